The van der Waals surface area contributed by atoms with E-state index in [1.54, 1.807) is 38.4 Å². The molecule has 1 N–H and O–H groups in total. The molecule has 0 bridgehead atoms. The van der Waals surface area contributed by atoms with Crippen LogP contribution in [0.15, 0.2) is 47.4 Å². The van der Waals surface area contributed by atoms with Crippen LogP contribution in [0.4, 0.5) is 5.69 Å². The first-order valence-electron chi connectivity index (χ1n) is 8.49. The topological polar surface area (TPSA) is 96.0 Å². The monoisotopic (exact) mass is 439 g/mol. The smallest absolute Gasteiger partial charge is 0.259 e. The highest BCUT2D eigenvalue weighted by Gasteiger charge is 2.22. The highest BCUT2D eigenvalue weighted by molar-refractivity contribution is 7.89. The van der Waals surface area contributed by atoms with Crippen LogP contribution in [0.25, 0.3) is 0 Å². The lowest BCUT2D eigenvalue weighted by molar-refractivity contribution is -0.130. The summed E-state index contributed by atoms with van der Waals surface area (Å²) in [5, 5.41) is 2.71. The molecule has 2 amide bonds. The summed E-state index contributed by atoms with van der Waals surface area (Å²) in [5.41, 5.74) is 0.625. The van der Waals surface area contributed by atoms with Crippen molar-refractivity contribution in [3.05, 3.63) is 53.1 Å². The first-order valence-corrected chi connectivity index (χ1v) is 10.3. The van der Waals surface area contributed by atoms with Gasteiger partial charge in [-0.25, -0.2) is 12.7 Å². The standard InChI is InChI=1S/C19H22ClN3O5S/c1-22(2)18(24)12-28-15-8-6-14(7-9-15)21-19(25)13-5-10-16(20)17(11-13)29(26,27)23(3)4/h5-11H,12H2,1-4H3,(H,21,25). The van der Waals surface area contributed by atoms with Crippen molar-refractivity contribution in [3.63, 3.8) is 0 Å². The van der Waals surface area contributed by atoms with Crippen LogP contribution >= 0.6 is 11.6 Å². The number of ether oxygens (including phenoxy) is 1. The molecular formula is C19H22ClN3O5S. The Labute approximate surface area is 175 Å². The molecule has 0 saturated carbocycles. The summed E-state index contributed by atoms with van der Waals surface area (Å²) in [6, 6.07) is 10.5. The lowest BCUT2D eigenvalue weighted by Crippen LogP contribution is -2.27. The molecular weight excluding hydrogens is 418 g/mol. The normalized spacial score (nSPS) is 11.2. The van der Waals surface area contributed by atoms with E-state index in [1.807, 2.05) is 0 Å². The first kappa shape index (κ1) is 22.7. The van der Waals surface area contributed by atoms with Gasteiger partial charge in [0.25, 0.3) is 11.8 Å². The lowest BCUT2D eigenvalue weighted by Gasteiger charge is -2.14. The Morgan fingerprint density at radius 2 is 1.66 bits per heavy atom. The second-order valence-corrected chi connectivity index (χ2v) is 9.02. The van der Waals surface area contributed by atoms with Crippen LogP contribution in [0.5, 0.6) is 5.75 Å². The zero-order valence-electron chi connectivity index (χ0n) is 16.5. The number of nitrogens with one attached hydrogen (secondary N) is 1. The van der Waals surface area contributed by atoms with Crippen molar-refractivity contribution >= 4 is 39.1 Å². The van der Waals surface area contributed by atoms with E-state index < -0.39 is 15.9 Å². The SMILES string of the molecule is CN(C)C(=O)COc1ccc(NC(=O)c2ccc(Cl)c(S(=O)(=O)N(C)C)c2)cc1. The Balaban J connectivity index is 2.12. The summed E-state index contributed by atoms with van der Waals surface area (Å²) in [5.74, 6) is -0.189. The second-order valence-electron chi connectivity index (χ2n) is 6.49. The average Bonchev–Trinajstić information content (AvgIpc) is 2.67. The van der Waals surface area contributed by atoms with E-state index in [2.05, 4.69) is 5.32 Å². The Morgan fingerprint density at radius 3 is 2.21 bits per heavy atom. The van der Waals surface area contributed by atoms with Crippen LogP contribution < -0.4 is 10.1 Å². The molecule has 8 nitrogen and oxygen atoms in total. The number of rotatable bonds is 7. The number of hydrogen-bond donors (Lipinski definition) is 1. The number of amides is 2. The summed E-state index contributed by atoms with van der Waals surface area (Å²) >= 11 is 6.00. The molecule has 156 valence electrons. The van der Waals surface area contributed by atoms with Crippen LogP contribution in [-0.2, 0) is 14.8 Å². The van der Waals surface area contributed by atoms with Crippen LogP contribution in [0.2, 0.25) is 5.02 Å². The van der Waals surface area contributed by atoms with Crippen LogP contribution in [0, 0.1) is 0 Å². The second kappa shape index (κ2) is 9.25. The van der Waals surface area contributed by atoms with Crippen molar-refractivity contribution in [1.82, 2.24) is 9.21 Å². The highest BCUT2D eigenvalue weighted by Crippen LogP contribution is 2.25. The van der Waals surface area contributed by atoms with Crippen molar-refractivity contribution in [3.8, 4) is 5.75 Å². The van der Waals surface area contributed by atoms with Gasteiger partial charge in [0.15, 0.2) is 6.61 Å². The summed E-state index contributed by atoms with van der Waals surface area (Å²) in [6.45, 7) is -0.0907. The third kappa shape index (κ3) is 5.69. The number of likely N-dealkylation sites (N-methyl/N-ethyl adjacent to an activating group) is 1. The summed E-state index contributed by atoms with van der Waals surface area (Å²) in [4.78, 5) is 25.3. The number of sulfonamides is 1. The minimum Gasteiger partial charge on any atom is -0.484 e. The van der Waals surface area contributed by atoms with E-state index >= 15 is 0 Å². The number of anilines is 1. The fourth-order valence-electron chi connectivity index (χ4n) is 2.15. The number of benzene rings is 2. The zero-order chi connectivity index (χ0) is 21.8. The maximum absolute atomic E-state index is 12.5. The Hall–Kier alpha value is -2.62. The fourth-order valence-corrected chi connectivity index (χ4v) is 3.54. The van der Waals surface area contributed by atoms with E-state index in [0.717, 1.165) is 4.31 Å². The van der Waals surface area contributed by atoms with Crippen molar-refractivity contribution in [2.75, 3.05) is 40.1 Å². The van der Waals surface area contributed by atoms with Crippen molar-refractivity contribution < 1.29 is 22.7 Å². The molecule has 2 aromatic rings. The molecule has 0 aliphatic carbocycles. The molecule has 0 radical (unpaired) electrons. The van der Waals surface area contributed by atoms with Gasteiger partial charge in [-0.05, 0) is 42.5 Å². The van der Waals surface area contributed by atoms with Crippen LogP contribution in [-0.4, -0.2) is 64.2 Å². The zero-order valence-corrected chi connectivity index (χ0v) is 18.0. The molecule has 0 spiro atoms. The Kier molecular flexibility index (Phi) is 7.23. The van der Waals surface area contributed by atoms with Gasteiger partial charge < -0.3 is 15.0 Å². The highest BCUT2D eigenvalue weighted by atomic mass is 35.5. The Bertz CT molecular complexity index is 1010. The maximum Gasteiger partial charge on any atom is 0.259 e. The molecule has 10 heteroatoms. The number of carbonyl (C=O) groups is 2. The molecule has 0 atom stereocenters. The minimum atomic E-state index is -3.79. The summed E-state index contributed by atoms with van der Waals surface area (Å²) in [6.07, 6.45) is 0. The van der Waals surface area contributed by atoms with Gasteiger partial charge in [0, 0.05) is 39.4 Å². The van der Waals surface area contributed by atoms with Gasteiger partial charge in [-0.1, -0.05) is 11.6 Å². The Morgan fingerprint density at radius 1 is 1.03 bits per heavy atom. The summed E-state index contributed by atoms with van der Waals surface area (Å²) < 4.78 is 31.1. The van der Waals surface area contributed by atoms with Gasteiger partial charge >= 0.3 is 0 Å². The lowest BCUT2D eigenvalue weighted by atomic mass is 10.2. The molecule has 0 aliphatic rings. The van der Waals surface area contributed by atoms with Crippen LogP contribution in [0.3, 0.4) is 0 Å². The van der Waals surface area contributed by atoms with E-state index in [1.165, 1.54) is 37.2 Å². The maximum atomic E-state index is 12.5. The van der Waals surface area contributed by atoms with Gasteiger partial charge in [0.2, 0.25) is 10.0 Å². The van der Waals surface area contributed by atoms with Gasteiger partial charge in [-0.2, -0.15) is 0 Å². The number of nitrogens with zero attached hydrogens (tertiary/aromatic N) is 2. The molecule has 0 heterocycles. The van der Waals surface area contributed by atoms with E-state index in [9.17, 15) is 18.0 Å². The van der Waals surface area contributed by atoms with E-state index in [-0.39, 0.29) is 28.0 Å². The van der Waals surface area contributed by atoms with E-state index in [0.29, 0.717) is 11.4 Å². The van der Waals surface area contributed by atoms with E-state index in [4.69, 9.17) is 16.3 Å². The number of halogens is 1. The number of carbonyl (C=O) groups excluding carboxylic acids is 2. The molecule has 2 rings (SSSR count). The average molecular weight is 440 g/mol. The van der Waals surface area contributed by atoms with Crippen molar-refractivity contribution in [2.24, 2.45) is 0 Å². The predicted molar refractivity (Wildman–Crippen MR) is 111 cm³/mol. The van der Waals surface area contributed by atoms with Gasteiger partial charge in [-0.15, -0.1) is 0 Å². The molecule has 0 fully saturated rings. The summed E-state index contributed by atoms with van der Waals surface area (Å²) in [7, 11) is 2.25. The molecule has 0 aliphatic heterocycles. The van der Waals surface area contributed by atoms with Gasteiger partial charge in [0.1, 0.15) is 10.6 Å². The molecule has 2 aromatic carbocycles. The third-order valence-corrected chi connectivity index (χ3v) is 6.22. The number of hydrogen-bond acceptors (Lipinski definition) is 5. The van der Waals surface area contributed by atoms with Crippen molar-refractivity contribution in [2.45, 2.75) is 4.90 Å². The van der Waals surface area contributed by atoms with Crippen molar-refractivity contribution in [1.29, 1.82) is 0 Å². The van der Waals surface area contributed by atoms with Gasteiger partial charge in [0.05, 0.1) is 5.02 Å². The fraction of sp³-hybridized carbons (Fsp3) is 0.263. The molecule has 0 aromatic heterocycles. The predicted octanol–water partition coefficient (Wildman–Crippen LogP) is 2.31. The molecule has 0 unspecified atom stereocenters. The van der Waals surface area contributed by atoms with Crippen LogP contribution in [0.1, 0.15) is 10.4 Å². The first-order chi connectivity index (χ1) is 13.5. The third-order valence-electron chi connectivity index (χ3n) is 3.93. The van der Waals surface area contributed by atoms with Gasteiger partial charge in [-0.3, -0.25) is 9.59 Å². The molecule has 0 saturated heterocycles. The quantitative estimate of drug-likeness (QED) is 0.714. The largest absolute Gasteiger partial charge is 0.484 e. The molecule has 29 heavy (non-hydrogen) atoms. The minimum absolute atomic E-state index is 0.0315.